The maximum absolute atomic E-state index is 13.8. The van der Waals surface area contributed by atoms with E-state index in [2.05, 4.69) is 0 Å². The van der Waals surface area contributed by atoms with Crippen molar-refractivity contribution in [2.24, 2.45) is 0 Å². The minimum Gasteiger partial charge on any atom is -0.505 e. The summed E-state index contributed by atoms with van der Waals surface area (Å²) >= 11 is 0.825. The second-order valence-electron chi connectivity index (χ2n) is 7.60. The van der Waals surface area contributed by atoms with Gasteiger partial charge in [-0.1, -0.05) is 48.2 Å². The topological polar surface area (TPSA) is 81.7 Å². The molecule has 2 aromatic heterocycles. The van der Waals surface area contributed by atoms with Gasteiger partial charge in [-0.3, -0.25) is 9.36 Å². The van der Waals surface area contributed by atoms with Gasteiger partial charge in [0.25, 0.3) is 5.56 Å². The molecule has 0 saturated heterocycles. The fourth-order valence-electron chi connectivity index (χ4n) is 3.79. The summed E-state index contributed by atoms with van der Waals surface area (Å²) < 4.78 is 25.8. The van der Waals surface area contributed by atoms with E-state index < -0.39 is 22.8 Å². The van der Waals surface area contributed by atoms with E-state index in [1.807, 2.05) is 30.3 Å². The van der Waals surface area contributed by atoms with Crippen molar-refractivity contribution >= 4 is 22.7 Å². The van der Waals surface area contributed by atoms with E-state index in [0.717, 1.165) is 11.8 Å². The molecule has 0 saturated carbocycles. The summed E-state index contributed by atoms with van der Waals surface area (Å²) in [4.78, 5) is 26.8. The van der Waals surface area contributed by atoms with Gasteiger partial charge in [-0.05, 0) is 48.0 Å². The maximum Gasteiger partial charge on any atom is 0.354 e. The van der Waals surface area contributed by atoms with E-state index >= 15 is 0 Å². The van der Waals surface area contributed by atoms with E-state index in [9.17, 15) is 19.1 Å². The minimum atomic E-state index is -0.829. The van der Waals surface area contributed by atoms with Crippen molar-refractivity contribution in [3.63, 3.8) is 0 Å². The lowest BCUT2D eigenvalue weighted by atomic mass is 10.1. The summed E-state index contributed by atoms with van der Waals surface area (Å²) in [5.41, 5.74) is 0.258. The summed E-state index contributed by atoms with van der Waals surface area (Å²) in [5.74, 6) is -0.391. The largest absolute Gasteiger partial charge is 0.505 e. The van der Waals surface area contributed by atoms with Crippen LogP contribution in [-0.4, -0.2) is 16.8 Å². The van der Waals surface area contributed by atoms with Crippen molar-refractivity contribution in [3.05, 3.63) is 112 Å². The highest BCUT2D eigenvalue weighted by Crippen LogP contribution is 2.37. The van der Waals surface area contributed by atoms with E-state index in [1.165, 1.54) is 22.8 Å². The summed E-state index contributed by atoms with van der Waals surface area (Å²) in [6, 6.07) is 23.2. The molecular formula is C27H18FNO5S. The van der Waals surface area contributed by atoms with Crippen LogP contribution >= 0.6 is 11.8 Å². The molecule has 0 fully saturated rings. The Bertz CT molecular complexity index is 1660. The Hall–Kier alpha value is -4.30. The van der Waals surface area contributed by atoms with Gasteiger partial charge >= 0.3 is 5.63 Å². The molecule has 5 rings (SSSR count). The third kappa shape index (κ3) is 4.20. The van der Waals surface area contributed by atoms with E-state index in [-0.39, 0.29) is 15.9 Å². The van der Waals surface area contributed by atoms with Crippen LogP contribution in [-0.2, 0) is 0 Å². The average Bonchev–Trinajstić information content (AvgIpc) is 2.87. The molecule has 8 heteroatoms. The van der Waals surface area contributed by atoms with Gasteiger partial charge in [0.1, 0.15) is 27.4 Å². The molecule has 2 heterocycles. The molecule has 0 aliphatic heterocycles. The quantitative estimate of drug-likeness (QED) is 0.347. The smallest absolute Gasteiger partial charge is 0.354 e. The summed E-state index contributed by atoms with van der Waals surface area (Å²) in [6.07, 6.45) is 0. The number of aromatic nitrogens is 1. The molecule has 0 radical (unpaired) electrons. The van der Waals surface area contributed by atoms with Gasteiger partial charge in [-0.15, -0.1) is 0 Å². The first-order valence-electron chi connectivity index (χ1n) is 10.6. The molecule has 0 unspecified atom stereocenters. The summed E-state index contributed by atoms with van der Waals surface area (Å²) in [6.45, 7) is 0. The number of nitrogens with zero attached hydrogens (tertiary/aromatic N) is 1. The van der Waals surface area contributed by atoms with Crippen molar-refractivity contribution in [1.82, 2.24) is 4.57 Å². The molecule has 5 aromatic rings. The zero-order chi connectivity index (χ0) is 24.5. The molecule has 0 spiro atoms. The SMILES string of the molecule is COc1ccc(-n2c(-c3ccccc3)cc3oc(=O)c(Sc4cccc(F)c4)c(O)c3c2=O)cc1. The maximum atomic E-state index is 13.8. The van der Waals surface area contributed by atoms with Gasteiger partial charge in [0.05, 0.1) is 12.8 Å². The fraction of sp³-hybridized carbons (Fsp3) is 0.0370. The van der Waals surface area contributed by atoms with Crippen molar-refractivity contribution in [3.8, 4) is 28.4 Å². The number of rotatable bonds is 5. The number of hydrogen-bond acceptors (Lipinski definition) is 6. The van der Waals surface area contributed by atoms with Crippen molar-refractivity contribution in [1.29, 1.82) is 0 Å². The Morgan fingerprint density at radius 3 is 2.37 bits per heavy atom. The van der Waals surface area contributed by atoms with Gasteiger partial charge in [-0.25, -0.2) is 9.18 Å². The minimum absolute atomic E-state index is 0.0512. The van der Waals surface area contributed by atoms with Crippen LogP contribution < -0.4 is 15.9 Å². The molecule has 0 bridgehead atoms. The molecule has 0 amide bonds. The lowest BCUT2D eigenvalue weighted by Gasteiger charge is -2.16. The van der Waals surface area contributed by atoms with Crippen LogP contribution in [0.5, 0.6) is 11.5 Å². The number of pyridine rings is 1. The molecule has 174 valence electrons. The van der Waals surface area contributed by atoms with Crippen LogP contribution in [0.3, 0.4) is 0 Å². The number of aromatic hydroxyl groups is 1. The monoisotopic (exact) mass is 487 g/mol. The Labute approximate surface area is 202 Å². The third-order valence-corrected chi connectivity index (χ3v) is 6.48. The van der Waals surface area contributed by atoms with Gasteiger partial charge < -0.3 is 14.3 Å². The van der Waals surface area contributed by atoms with Gasteiger partial charge in [0.2, 0.25) is 0 Å². The molecule has 0 atom stereocenters. The number of benzene rings is 3. The summed E-state index contributed by atoms with van der Waals surface area (Å²) in [5, 5.41) is 10.9. The second kappa shape index (κ2) is 9.15. The van der Waals surface area contributed by atoms with E-state index in [1.54, 1.807) is 43.5 Å². The first-order valence-corrected chi connectivity index (χ1v) is 11.4. The highest BCUT2D eigenvalue weighted by atomic mass is 32.2. The van der Waals surface area contributed by atoms with Gasteiger partial charge in [-0.2, -0.15) is 0 Å². The fourth-order valence-corrected chi connectivity index (χ4v) is 4.67. The standard InChI is InChI=1S/C27H18FNO5S/c1-33-19-12-10-18(11-13-19)29-21(16-6-3-2-4-7-16)15-22-23(26(29)31)24(30)25(27(32)34-22)35-20-9-5-8-17(28)14-20/h2-15,30H,1H3. The molecule has 1 N–H and O–H groups in total. The van der Waals surface area contributed by atoms with Crippen LogP contribution in [0.2, 0.25) is 0 Å². The predicted molar refractivity (Wildman–Crippen MR) is 132 cm³/mol. The highest BCUT2D eigenvalue weighted by molar-refractivity contribution is 7.99. The predicted octanol–water partition coefficient (Wildman–Crippen LogP) is 5.62. The summed E-state index contributed by atoms with van der Waals surface area (Å²) in [7, 11) is 1.55. The van der Waals surface area contributed by atoms with Gasteiger partial charge in [0, 0.05) is 16.6 Å². The zero-order valence-corrected chi connectivity index (χ0v) is 19.2. The van der Waals surface area contributed by atoms with E-state index in [0.29, 0.717) is 27.6 Å². The number of fused-ring (bicyclic) bond motifs is 1. The normalized spacial score (nSPS) is 11.0. The Morgan fingerprint density at radius 2 is 1.69 bits per heavy atom. The van der Waals surface area contributed by atoms with Crippen molar-refractivity contribution < 1.29 is 18.7 Å². The molecule has 6 nitrogen and oxygen atoms in total. The Morgan fingerprint density at radius 1 is 0.943 bits per heavy atom. The van der Waals surface area contributed by atoms with Crippen LogP contribution in [0.15, 0.2) is 109 Å². The number of ether oxygens (including phenoxy) is 1. The van der Waals surface area contributed by atoms with Crippen LogP contribution in [0.1, 0.15) is 0 Å². The zero-order valence-electron chi connectivity index (χ0n) is 18.4. The molecule has 3 aromatic carbocycles. The lowest BCUT2D eigenvalue weighted by Crippen LogP contribution is -2.21. The third-order valence-electron chi connectivity index (χ3n) is 5.43. The lowest BCUT2D eigenvalue weighted by molar-refractivity contribution is 0.414. The molecule has 0 aliphatic carbocycles. The number of methoxy groups -OCH3 is 1. The van der Waals surface area contributed by atoms with Crippen LogP contribution in [0.4, 0.5) is 4.39 Å². The molecular weight excluding hydrogens is 469 g/mol. The van der Waals surface area contributed by atoms with Crippen molar-refractivity contribution in [2.75, 3.05) is 7.11 Å². The Balaban J connectivity index is 1.79. The Kier molecular flexibility index (Phi) is 5.88. The molecule has 0 aliphatic rings. The van der Waals surface area contributed by atoms with E-state index in [4.69, 9.17) is 9.15 Å². The van der Waals surface area contributed by atoms with Gasteiger partial charge in [0.15, 0.2) is 5.75 Å². The highest BCUT2D eigenvalue weighted by Gasteiger charge is 2.22. The van der Waals surface area contributed by atoms with Crippen LogP contribution in [0.25, 0.3) is 27.9 Å². The average molecular weight is 488 g/mol. The second-order valence-corrected chi connectivity index (χ2v) is 8.68. The first-order chi connectivity index (χ1) is 17.0. The number of hydrogen-bond donors (Lipinski definition) is 1. The van der Waals surface area contributed by atoms with Crippen LogP contribution in [0, 0.1) is 5.82 Å². The number of halogens is 1. The molecule has 35 heavy (non-hydrogen) atoms. The van der Waals surface area contributed by atoms with Crippen molar-refractivity contribution in [2.45, 2.75) is 9.79 Å². The first kappa shape index (κ1) is 22.5.